The largest absolute Gasteiger partial charge is 0.508 e. The summed E-state index contributed by atoms with van der Waals surface area (Å²) >= 11 is 0. The Labute approximate surface area is 140 Å². The number of phenols is 1. The quantitative estimate of drug-likeness (QED) is 0.659. The van der Waals surface area contributed by atoms with Crippen LogP contribution in [-0.4, -0.2) is 21.1 Å². The van der Waals surface area contributed by atoms with Crippen molar-refractivity contribution in [2.45, 2.75) is 18.9 Å². The summed E-state index contributed by atoms with van der Waals surface area (Å²) < 4.78 is 0. The van der Waals surface area contributed by atoms with Gasteiger partial charge in [0, 0.05) is 29.4 Å². The van der Waals surface area contributed by atoms with Gasteiger partial charge in [0.05, 0.1) is 5.69 Å². The molecule has 5 nitrogen and oxygen atoms in total. The van der Waals surface area contributed by atoms with Crippen molar-refractivity contribution >= 4 is 17.5 Å². The first-order valence-electron chi connectivity index (χ1n) is 8.03. The van der Waals surface area contributed by atoms with Gasteiger partial charge in [0.15, 0.2) is 0 Å². The second-order valence-electron chi connectivity index (χ2n) is 5.92. The monoisotopic (exact) mass is 318 g/mol. The number of benzene rings is 2. The van der Waals surface area contributed by atoms with Crippen molar-refractivity contribution in [1.29, 1.82) is 0 Å². The lowest BCUT2D eigenvalue weighted by Crippen LogP contribution is -2.07. The van der Waals surface area contributed by atoms with E-state index in [1.54, 1.807) is 18.2 Å². The maximum atomic E-state index is 9.62. The molecule has 2 aromatic carbocycles. The van der Waals surface area contributed by atoms with Crippen molar-refractivity contribution < 1.29 is 5.11 Å². The summed E-state index contributed by atoms with van der Waals surface area (Å²) in [5.74, 6) is 1.53. The van der Waals surface area contributed by atoms with Gasteiger partial charge in [0.1, 0.15) is 11.6 Å². The van der Waals surface area contributed by atoms with Gasteiger partial charge in [0.2, 0.25) is 5.95 Å². The van der Waals surface area contributed by atoms with Gasteiger partial charge in [-0.05, 0) is 25.0 Å². The molecule has 3 N–H and O–H groups in total. The minimum atomic E-state index is 0.216. The fourth-order valence-electron chi connectivity index (χ4n) is 2.47. The Morgan fingerprint density at radius 3 is 2.50 bits per heavy atom. The second kappa shape index (κ2) is 6.20. The molecule has 1 aromatic heterocycles. The zero-order valence-electron chi connectivity index (χ0n) is 13.1. The van der Waals surface area contributed by atoms with Crippen LogP contribution in [0.3, 0.4) is 0 Å². The number of hydrogen-bond donors (Lipinski definition) is 3. The zero-order valence-corrected chi connectivity index (χ0v) is 13.1. The van der Waals surface area contributed by atoms with Crippen LogP contribution in [0.2, 0.25) is 0 Å². The van der Waals surface area contributed by atoms with Gasteiger partial charge in [-0.3, -0.25) is 0 Å². The van der Waals surface area contributed by atoms with Gasteiger partial charge in [0.25, 0.3) is 0 Å². The number of aromatic hydroxyl groups is 1. The first-order chi connectivity index (χ1) is 11.8. The number of anilines is 3. The Hall–Kier alpha value is -3.08. The highest BCUT2D eigenvalue weighted by Crippen LogP contribution is 2.28. The Balaban J connectivity index is 1.69. The van der Waals surface area contributed by atoms with Gasteiger partial charge in [-0.25, -0.2) is 4.98 Å². The summed E-state index contributed by atoms with van der Waals surface area (Å²) in [5, 5.41) is 16.2. The first-order valence-corrected chi connectivity index (χ1v) is 8.03. The lowest BCUT2D eigenvalue weighted by atomic mass is 10.1. The van der Waals surface area contributed by atoms with Crippen molar-refractivity contribution in [2.75, 3.05) is 10.6 Å². The van der Waals surface area contributed by atoms with E-state index >= 15 is 0 Å². The van der Waals surface area contributed by atoms with E-state index in [0.29, 0.717) is 17.8 Å². The highest BCUT2D eigenvalue weighted by Gasteiger charge is 2.22. The van der Waals surface area contributed by atoms with Gasteiger partial charge < -0.3 is 15.7 Å². The molecule has 0 amide bonds. The summed E-state index contributed by atoms with van der Waals surface area (Å²) in [7, 11) is 0. The van der Waals surface area contributed by atoms with Gasteiger partial charge in [-0.15, -0.1) is 0 Å². The lowest BCUT2D eigenvalue weighted by Gasteiger charge is -2.11. The van der Waals surface area contributed by atoms with Gasteiger partial charge in [-0.1, -0.05) is 36.4 Å². The molecule has 1 aliphatic carbocycles. The van der Waals surface area contributed by atoms with Crippen molar-refractivity contribution in [2.24, 2.45) is 0 Å². The van der Waals surface area contributed by atoms with E-state index in [-0.39, 0.29) is 5.75 Å². The molecule has 1 fully saturated rings. The third-order valence-electron chi connectivity index (χ3n) is 3.82. The molecule has 3 aromatic rings. The first kappa shape index (κ1) is 14.5. The van der Waals surface area contributed by atoms with Gasteiger partial charge >= 0.3 is 0 Å². The maximum absolute atomic E-state index is 9.62. The molecule has 1 heterocycles. The van der Waals surface area contributed by atoms with Crippen molar-refractivity contribution in [3.63, 3.8) is 0 Å². The fraction of sp³-hybridized carbons (Fsp3) is 0.158. The minimum absolute atomic E-state index is 0.216. The molecule has 4 rings (SSSR count). The number of hydrogen-bond acceptors (Lipinski definition) is 5. The van der Waals surface area contributed by atoms with Crippen LogP contribution < -0.4 is 10.6 Å². The molecule has 24 heavy (non-hydrogen) atoms. The Kier molecular flexibility index (Phi) is 3.75. The predicted molar refractivity (Wildman–Crippen MR) is 95.5 cm³/mol. The molecule has 0 unspecified atom stereocenters. The topological polar surface area (TPSA) is 70.1 Å². The standard InChI is InChI=1S/C19H18N4O/c24-16-8-4-7-15(11-16)20-18-12-17(13-5-2-1-3-6-13)22-19(23-18)21-14-9-10-14/h1-8,11-12,14,24H,9-10H2,(H2,20,21,22,23). The average molecular weight is 318 g/mol. The third-order valence-corrected chi connectivity index (χ3v) is 3.82. The van der Waals surface area contributed by atoms with Crippen LogP contribution in [-0.2, 0) is 0 Å². The highest BCUT2D eigenvalue weighted by molar-refractivity contribution is 5.67. The van der Waals surface area contributed by atoms with E-state index in [2.05, 4.69) is 20.6 Å². The Bertz CT molecular complexity index is 847. The minimum Gasteiger partial charge on any atom is -0.508 e. The molecular weight excluding hydrogens is 300 g/mol. The molecule has 1 aliphatic rings. The third kappa shape index (κ3) is 3.46. The van der Waals surface area contributed by atoms with Crippen LogP contribution in [0.15, 0.2) is 60.7 Å². The molecule has 5 heteroatoms. The fourth-order valence-corrected chi connectivity index (χ4v) is 2.47. The molecule has 0 bridgehead atoms. The molecule has 0 radical (unpaired) electrons. The molecule has 0 spiro atoms. The summed E-state index contributed by atoms with van der Waals surface area (Å²) in [5.41, 5.74) is 2.68. The Morgan fingerprint density at radius 1 is 0.917 bits per heavy atom. The SMILES string of the molecule is Oc1cccc(Nc2cc(-c3ccccc3)nc(NC3CC3)n2)c1. The van der Waals surface area contributed by atoms with Crippen LogP contribution in [0.5, 0.6) is 5.75 Å². The second-order valence-corrected chi connectivity index (χ2v) is 5.92. The maximum Gasteiger partial charge on any atom is 0.225 e. The molecular formula is C19H18N4O. The molecule has 120 valence electrons. The van der Waals surface area contributed by atoms with Crippen LogP contribution in [0, 0.1) is 0 Å². The van der Waals surface area contributed by atoms with Crippen molar-refractivity contribution in [3.8, 4) is 17.0 Å². The number of rotatable bonds is 5. The number of phenolic OH excluding ortho intramolecular Hbond substituents is 1. The van der Waals surface area contributed by atoms with E-state index in [9.17, 15) is 5.11 Å². The molecule has 0 saturated heterocycles. The van der Waals surface area contributed by atoms with Crippen LogP contribution >= 0.6 is 0 Å². The Morgan fingerprint density at radius 2 is 1.75 bits per heavy atom. The van der Waals surface area contributed by atoms with E-state index in [1.165, 1.54) is 0 Å². The average Bonchev–Trinajstić information content (AvgIpc) is 3.39. The smallest absolute Gasteiger partial charge is 0.225 e. The zero-order chi connectivity index (χ0) is 16.4. The van der Waals surface area contributed by atoms with E-state index < -0.39 is 0 Å². The van der Waals surface area contributed by atoms with Crippen LogP contribution in [0.1, 0.15) is 12.8 Å². The van der Waals surface area contributed by atoms with Crippen molar-refractivity contribution in [3.05, 3.63) is 60.7 Å². The lowest BCUT2D eigenvalue weighted by molar-refractivity contribution is 0.475. The summed E-state index contributed by atoms with van der Waals surface area (Å²) in [4.78, 5) is 9.18. The number of nitrogens with one attached hydrogen (secondary N) is 2. The van der Waals surface area contributed by atoms with Crippen LogP contribution in [0.4, 0.5) is 17.5 Å². The van der Waals surface area contributed by atoms with E-state index in [0.717, 1.165) is 29.8 Å². The van der Waals surface area contributed by atoms with Gasteiger partial charge in [-0.2, -0.15) is 4.98 Å². The predicted octanol–water partition coefficient (Wildman–Crippen LogP) is 4.17. The number of aromatic nitrogens is 2. The van der Waals surface area contributed by atoms with E-state index in [4.69, 9.17) is 0 Å². The molecule has 1 saturated carbocycles. The summed E-state index contributed by atoms with van der Waals surface area (Å²) in [6.45, 7) is 0. The van der Waals surface area contributed by atoms with Crippen molar-refractivity contribution in [1.82, 2.24) is 9.97 Å². The number of nitrogens with zero attached hydrogens (tertiary/aromatic N) is 2. The molecule has 0 aliphatic heterocycles. The summed E-state index contributed by atoms with van der Waals surface area (Å²) in [6, 6.07) is 19.4. The van der Waals surface area contributed by atoms with E-state index in [1.807, 2.05) is 42.5 Å². The molecule has 0 atom stereocenters. The van der Waals surface area contributed by atoms with Crippen LogP contribution in [0.25, 0.3) is 11.3 Å². The highest BCUT2D eigenvalue weighted by atomic mass is 16.3. The summed E-state index contributed by atoms with van der Waals surface area (Å²) in [6.07, 6.45) is 2.32. The normalized spacial score (nSPS) is 13.5.